The van der Waals surface area contributed by atoms with Crippen molar-refractivity contribution in [2.45, 2.75) is 50.7 Å². The molecule has 2 aliphatic rings. The average molecular weight is 278 g/mol. The van der Waals surface area contributed by atoms with Gasteiger partial charge < -0.3 is 10.4 Å². The van der Waals surface area contributed by atoms with Gasteiger partial charge in [0.25, 0.3) is 0 Å². The highest BCUT2D eigenvalue weighted by Gasteiger charge is 2.35. The maximum atomic E-state index is 14.1. The highest BCUT2D eigenvalue weighted by atomic mass is 19.1. The summed E-state index contributed by atoms with van der Waals surface area (Å²) in [4.78, 5) is 2.43. The molecule has 1 aromatic carbocycles. The second-order valence-corrected chi connectivity index (χ2v) is 6.10. The molecule has 3 nitrogen and oxygen atoms in total. The SMILES string of the molecule is CC(c1ccc(O)cc1F)N(CC1CCCN1)C1CC1. The quantitative estimate of drug-likeness (QED) is 0.869. The van der Waals surface area contributed by atoms with Crippen LogP contribution >= 0.6 is 0 Å². The Morgan fingerprint density at radius 3 is 2.80 bits per heavy atom. The van der Waals surface area contributed by atoms with Crippen molar-refractivity contribution >= 4 is 0 Å². The van der Waals surface area contributed by atoms with Crippen molar-refractivity contribution in [3.05, 3.63) is 29.6 Å². The second-order valence-electron chi connectivity index (χ2n) is 6.10. The lowest BCUT2D eigenvalue weighted by Crippen LogP contribution is -2.40. The van der Waals surface area contributed by atoms with Gasteiger partial charge in [0.05, 0.1) is 0 Å². The van der Waals surface area contributed by atoms with Crippen molar-refractivity contribution in [1.29, 1.82) is 0 Å². The summed E-state index contributed by atoms with van der Waals surface area (Å²) in [6.45, 7) is 4.17. The molecular weight excluding hydrogens is 255 g/mol. The topological polar surface area (TPSA) is 35.5 Å². The van der Waals surface area contributed by atoms with Crippen LogP contribution in [0.25, 0.3) is 0 Å². The Morgan fingerprint density at radius 2 is 2.20 bits per heavy atom. The van der Waals surface area contributed by atoms with E-state index in [0.717, 1.165) is 13.1 Å². The third-order valence-corrected chi connectivity index (χ3v) is 4.54. The summed E-state index contributed by atoms with van der Waals surface area (Å²) >= 11 is 0. The normalized spacial score (nSPS) is 24.2. The van der Waals surface area contributed by atoms with Crippen molar-refractivity contribution in [3.8, 4) is 5.75 Å². The standard InChI is InChI=1S/C16H23FN2O/c1-11(15-7-6-14(20)9-16(15)17)19(13-4-5-13)10-12-3-2-8-18-12/h6-7,9,11-13,18,20H,2-5,8,10H2,1H3. The Morgan fingerprint density at radius 1 is 1.40 bits per heavy atom. The van der Waals surface area contributed by atoms with Gasteiger partial charge in [-0.05, 0) is 45.2 Å². The molecule has 1 aromatic rings. The van der Waals surface area contributed by atoms with Gasteiger partial charge in [0.2, 0.25) is 0 Å². The summed E-state index contributed by atoms with van der Waals surface area (Å²) in [5.74, 6) is -0.309. The van der Waals surface area contributed by atoms with Gasteiger partial charge in [-0.3, -0.25) is 4.90 Å². The van der Waals surface area contributed by atoms with Gasteiger partial charge in [0, 0.05) is 36.3 Å². The molecule has 1 aliphatic carbocycles. The number of hydrogen-bond donors (Lipinski definition) is 2. The molecule has 4 heteroatoms. The van der Waals surface area contributed by atoms with Crippen LogP contribution in [0, 0.1) is 5.82 Å². The van der Waals surface area contributed by atoms with Gasteiger partial charge >= 0.3 is 0 Å². The maximum absolute atomic E-state index is 14.1. The molecule has 1 saturated carbocycles. The Labute approximate surface area is 119 Å². The predicted molar refractivity (Wildman–Crippen MR) is 77.2 cm³/mol. The molecular formula is C16H23FN2O. The van der Waals surface area contributed by atoms with E-state index in [2.05, 4.69) is 17.1 Å². The number of benzene rings is 1. The fourth-order valence-corrected chi connectivity index (χ4v) is 3.23. The molecule has 2 N–H and O–H groups in total. The lowest BCUT2D eigenvalue weighted by Gasteiger charge is -2.32. The van der Waals surface area contributed by atoms with Gasteiger partial charge in [0.15, 0.2) is 0 Å². The number of hydrogen-bond acceptors (Lipinski definition) is 3. The van der Waals surface area contributed by atoms with E-state index >= 15 is 0 Å². The molecule has 0 bridgehead atoms. The predicted octanol–water partition coefficient (Wildman–Crippen LogP) is 2.81. The summed E-state index contributed by atoms with van der Waals surface area (Å²) in [6, 6.07) is 5.70. The Kier molecular flexibility index (Phi) is 3.94. The number of rotatable bonds is 5. The maximum Gasteiger partial charge on any atom is 0.131 e. The molecule has 3 rings (SSSR count). The van der Waals surface area contributed by atoms with Crippen LogP contribution in [0.5, 0.6) is 5.75 Å². The van der Waals surface area contributed by atoms with Gasteiger partial charge in [-0.1, -0.05) is 6.07 Å². The average Bonchev–Trinajstić information content (AvgIpc) is 3.12. The lowest BCUT2D eigenvalue weighted by molar-refractivity contribution is 0.179. The van der Waals surface area contributed by atoms with E-state index in [-0.39, 0.29) is 17.6 Å². The first-order valence-corrected chi connectivity index (χ1v) is 7.62. The Bertz CT molecular complexity index is 470. The summed E-state index contributed by atoms with van der Waals surface area (Å²) in [5.41, 5.74) is 0.688. The zero-order chi connectivity index (χ0) is 14.1. The molecule has 0 aromatic heterocycles. The molecule has 0 amide bonds. The van der Waals surface area contributed by atoms with E-state index in [1.807, 2.05) is 0 Å². The fourth-order valence-electron chi connectivity index (χ4n) is 3.23. The molecule has 1 heterocycles. The van der Waals surface area contributed by atoms with Gasteiger partial charge in [-0.25, -0.2) is 4.39 Å². The van der Waals surface area contributed by atoms with Crippen molar-refractivity contribution in [2.24, 2.45) is 0 Å². The highest BCUT2D eigenvalue weighted by molar-refractivity contribution is 5.30. The van der Waals surface area contributed by atoms with Crippen LogP contribution in [-0.4, -0.2) is 35.2 Å². The van der Waals surface area contributed by atoms with Gasteiger partial charge in [0.1, 0.15) is 11.6 Å². The largest absolute Gasteiger partial charge is 0.508 e. The van der Waals surface area contributed by atoms with Crippen LogP contribution in [0.2, 0.25) is 0 Å². The van der Waals surface area contributed by atoms with Crippen molar-refractivity contribution in [2.75, 3.05) is 13.1 Å². The number of phenolic OH excluding ortho intramolecular Hbond substituents is 1. The first-order valence-electron chi connectivity index (χ1n) is 7.62. The molecule has 2 unspecified atom stereocenters. The van der Waals surface area contributed by atoms with Crippen molar-refractivity contribution < 1.29 is 9.50 Å². The smallest absolute Gasteiger partial charge is 0.131 e. The number of aromatic hydroxyl groups is 1. The Balaban J connectivity index is 1.75. The van der Waals surface area contributed by atoms with Gasteiger partial charge in [-0.15, -0.1) is 0 Å². The van der Waals surface area contributed by atoms with Crippen molar-refractivity contribution in [3.63, 3.8) is 0 Å². The van der Waals surface area contributed by atoms with Crippen LogP contribution in [-0.2, 0) is 0 Å². The van der Waals surface area contributed by atoms with Crippen LogP contribution in [0.4, 0.5) is 4.39 Å². The third-order valence-electron chi connectivity index (χ3n) is 4.54. The molecule has 1 saturated heterocycles. The number of nitrogens with zero attached hydrogens (tertiary/aromatic N) is 1. The molecule has 0 spiro atoms. The third kappa shape index (κ3) is 2.96. The zero-order valence-corrected chi connectivity index (χ0v) is 12.0. The number of nitrogens with one attached hydrogen (secondary N) is 1. The second kappa shape index (κ2) is 5.70. The zero-order valence-electron chi connectivity index (χ0n) is 12.0. The fraction of sp³-hybridized carbons (Fsp3) is 0.625. The minimum absolute atomic E-state index is 0.00567. The molecule has 20 heavy (non-hydrogen) atoms. The summed E-state index contributed by atoms with van der Waals surface area (Å²) in [7, 11) is 0. The minimum atomic E-state index is -0.303. The van der Waals surface area contributed by atoms with Crippen LogP contribution in [0.3, 0.4) is 0 Å². The lowest BCUT2D eigenvalue weighted by atomic mass is 10.0. The van der Waals surface area contributed by atoms with Crippen LogP contribution in [0.15, 0.2) is 18.2 Å². The molecule has 110 valence electrons. The van der Waals surface area contributed by atoms with Crippen molar-refractivity contribution in [1.82, 2.24) is 10.2 Å². The van der Waals surface area contributed by atoms with E-state index < -0.39 is 0 Å². The van der Waals surface area contributed by atoms with E-state index in [4.69, 9.17) is 0 Å². The monoisotopic (exact) mass is 278 g/mol. The first-order chi connectivity index (χ1) is 9.65. The summed E-state index contributed by atoms with van der Waals surface area (Å²) in [5, 5.41) is 12.9. The summed E-state index contributed by atoms with van der Waals surface area (Å²) < 4.78 is 14.1. The summed E-state index contributed by atoms with van der Waals surface area (Å²) in [6.07, 6.45) is 4.90. The molecule has 0 radical (unpaired) electrons. The first kappa shape index (κ1) is 13.8. The minimum Gasteiger partial charge on any atom is -0.508 e. The number of halogens is 1. The van der Waals surface area contributed by atoms with E-state index in [0.29, 0.717) is 17.6 Å². The van der Waals surface area contributed by atoms with Gasteiger partial charge in [-0.2, -0.15) is 0 Å². The number of phenols is 1. The Hall–Kier alpha value is -1.13. The highest BCUT2D eigenvalue weighted by Crippen LogP contribution is 2.36. The van der Waals surface area contributed by atoms with E-state index in [1.165, 1.54) is 31.7 Å². The van der Waals surface area contributed by atoms with E-state index in [9.17, 15) is 9.50 Å². The molecule has 2 atom stereocenters. The van der Waals surface area contributed by atoms with Crippen LogP contribution < -0.4 is 5.32 Å². The molecule has 1 aliphatic heterocycles. The molecule has 2 fully saturated rings. The van der Waals surface area contributed by atoms with E-state index in [1.54, 1.807) is 12.1 Å². The van der Waals surface area contributed by atoms with Crippen LogP contribution in [0.1, 0.15) is 44.2 Å².